The quantitative estimate of drug-likeness (QED) is 0.834. The van der Waals surface area contributed by atoms with Gasteiger partial charge in [0.15, 0.2) is 0 Å². The molecule has 20 heavy (non-hydrogen) atoms. The lowest BCUT2D eigenvalue weighted by molar-refractivity contribution is 0.0275. The van der Waals surface area contributed by atoms with E-state index in [4.69, 9.17) is 9.47 Å². The molecule has 1 atom stereocenters. The third-order valence-electron chi connectivity index (χ3n) is 3.05. The fourth-order valence-corrected chi connectivity index (χ4v) is 2.09. The molecule has 1 saturated heterocycles. The lowest BCUT2D eigenvalue weighted by Gasteiger charge is -2.24. The van der Waals surface area contributed by atoms with Gasteiger partial charge in [-0.2, -0.15) is 0 Å². The third kappa shape index (κ3) is 3.85. The molecule has 0 bridgehead atoms. The molecule has 1 aliphatic rings. The van der Waals surface area contributed by atoms with E-state index in [0.29, 0.717) is 13.1 Å². The van der Waals surface area contributed by atoms with Crippen molar-refractivity contribution in [1.29, 1.82) is 0 Å². The first kappa shape index (κ1) is 14.6. The number of carbonyl (C=O) groups excluding carboxylic acids is 1. The van der Waals surface area contributed by atoms with Gasteiger partial charge in [-0.25, -0.2) is 4.79 Å². The van der Waals surface area contributed by atoms with Gasteiger partial charge in [0.05, 0.1) is 12.2 Å². The first-order valence-electron chi connectivity index (χ1n) is 6.91. The molecule has 2 heterocycles. The topological polar surface area (TPSA) is 51.7 Å². The Morgan fingerprint density at radius 1 is 1.45 bits per heavy atom. The van der Waals surface area contributed by atoms with E-state index in [0.717, 1.165) is 17.9 Å². The first-order chi connectivity index (χ1) is 9.35. The van der Waals surface area contributed by atoms with E-state index in [9.17, 15) is 4.79 Å². The lowest BCUT2D eigenvalue weighted by Crippen LogP contribution is -2.36. The molecule has 1 aliphatic heterocycles. The normalized spacial score (nSPS) is 19.0. The van der Waals surface area contributed by atoms with Gasteiger partial charge in [-0.3, -0.25) is 4.98 Å². The molecular formula is C15H22N2O3. The van der Waals surface area contributed by atoms with Gasteiger partial charge in [0.2, 0.25) is 0 Å². The highest BCUT2D eigenvalue weighted by atomic mass is 16.6. The number of nitrogens with zero attached hydrogens (tertiary/aromatic N) is 2. The second kappa shape index (κ2) is 5.69. The summed E-state index contributed by atoms with van der Waals surface area (Å²) in [5, 5.41) is 0. The Labute approximate surface area is 119 Å². The van der Waals surface area contributed by atoms with Crippen LogP contribution in [0.5, 0.6) is 5.75 Å². The van der Waals surface area contributed by atoms with Gasteiger partial charge >= 0.3 is 6.09 Å². The Morgan fingerprint density at radius 3 is 2.85 bits per heavy atom. The van der Waals surface area contributed by atoms with Crippen LogP contribution < -0.4 is 4.74 Å². The number of aromatic nitrogens is 1. The van der Waals surface area contributed by atoms with Crippen LogP contribution in [0.15, 0.2) is 18.3 Å². The smallest absolute Gasteiger partial charge is 0.410 e. The highest BCUT2D eigenvalue weighted by molar-refractivity contribution is 5.68. The average Bonchev–Trinajstić information content (AvgIpc) is 2.79. The zero-order chi connectivity index (χ0) is 14.8. The van der Waals surface area contributed by atoms with E-state index in [2.05, 4.69) is 4.98 Å². The van der Waals surface area contributed by atoms with Crippen LogP contribution in [0.1, 0.15) is 32.9 Å². The van der Waals surface area contributed by atoms with Gasteiger partial charge in [-0.1, -0.05) is 0 Å². The SMILES string of the molecule is Cc1ncccc1O[C@@H]1CCN(C(=O)OC(C)(C)C)C1. The number of pyridine rings is 1. The molecule has 1 fully saturated rings. The number of ether oxygens (including phenoxy) is 2. The van der Waals surface area contributed by atoms with Crippen LogP contribution in [0.4, 0.5) is 4.79 Å². The number of aryl methyl sites for hydroxylation is 1. The summed E-state index contributed by atoms with van der Waals surface area (Å²) in [5.74, 6) is 0.781. The van der Waals surface area contributed by atoms with Crippen molar-refractivity contribution < 1.29 is 14.3 Å². The first-order valence-corrected chi connectivity index (χ1v) is 6.91. The predicted molar refractivity (Wildman–Crippen MR) is 75.8 cm³/mol. The summed E-state index contributed by atoms with van der Waals surface area (Å²) in [4.78, 5) is 17.9. The largest absolute Gasteiger partial charge is 0.487 e. The fourth-order valence-electron chi connectivity index (χ4n) is 2.09. The zero-order valence-electron chi connectivity index (χ0n) is 12.5. The Balaban J connectivity index is 1.90. The number of hydrogen-bond donors (Lipinski definition) is 0. The van der Waals surface area contributed by atoms with Crippen molar-refractivity contribution in [2.24, 2.45) is 0 Å². The lowest BCUT2D eigenvalue weighted by atomic mass is 10.2. The molecule has 0 aliphatic carbocycles. The number of carbonyl (C=O) groups is 1. The van der Waals surface area contributed by atoms with Crippen LogP contribution in [0.3, 0.4) is 0 Å². The van der Waals surface area contributed by atoms with Gasteiger partial charge in [0.25, 0.3) is 0 Å². The molecule has 0 unspecified atom stereocenters. The van der Waals surface area contributed by atoms with Crippen LogP contribution in [-0.2, 0) is 4.74 Å². The number of hydrogen-bond acceptors (Lipinski definition) is 4. The zero-order valence-corrected chi connectivity index (χ0v) is 12.5. The molecule has 0 N–H and O–H groups in total. The molecule has 1 amide bonds. The van der Waals surface area contributed by atoms with E-state index in [1.807, 2.05) is 39.8 Å². The Morgan fingerprint density at radius 2 is 2.20 bits per heavy atom. The molecule has 0 saturated carbocycles. The van der Waals surface area contributed by atoms with E-state index in [1.54, 1.807) is 11.1 Å². The molecule has 2 rings (SSSR count). The van der Waals surface area contributed by atoms with Gasteiger partial charge in [0.1, 0.15) is 17.5 Å². The van der Waals surface area contributed by atoms with Gasteiger partial charge in [0, 0.05) is 19.2 Å². The summed E-state index contributed by atoms with van der Waals surface area (Å²) in [6, 6.07) is 3.75. The Kier molecular flexibility index (Phi) is 4.16. The van der Waals surface area contributed by atoms with Crippen molar-refractivity contribution in [3.8, 4) is 5.75 Å². The maximum absolute atomic E-state index is 12.0. The molecule has 0 radical (unpaired) electrons. The minimum Gasteiger partial charge on any atom is -0.487 e. The van der Waals surface area contributed by atoms with Gasteiger partial charge in [-0.05, 0) is 39.8 Å². The average molecular weight is 278 g/mol. The van der Waals surface area contributed by atoms with Crippen molar-refractivity contribution >= 4 is 6.09 Å². The Bertz CT molecular complexity index is 482. The van der Waals surface area contributed by atoms with Crippen molar-refractivity contribution in [2.75, 3.05) is 13.1 Å². The minimum atomic E-state index is -0.462. The van der Waals surface area contributed by atoms with Crippen LogP contribution in [-0.4, -0.2) is 40.8 Å². The van der Waals surface area contributed by atoms with Crippen molar-refractivity contribution in [2.45, 2.75) is 45.8 Å². The number of amides is 1. The maximum atomic E-state index is 12.0. The molecule has 0 aromatic carbocycles. The monoisotopic (exact) mass is 278 g/mol. The summed E-state index contributed by atoms with van der Waals surface area (Å²) in [7, 11) is 0. The molecule has 1 aromatic heterocycles. The molecule has 5 nitrogen and oxygen atoms in total. The van der Waals surface area contributed by atoms with Crippen molar-refractivity contribution in [1.82, 2.24) is 9.88 Å². The van der Waals surface area contributed by atoms with E-state index in [1.165, 1.54) is 0 Å². The number of likely N-dealkylation sites (tertiary alicyclic amines) is 1. The number of rotatable bonds is 2. The van der Waals surface area contributed by atoms with Crippen LogP contribution >= 0.6 is 0 Å². The second-order valence-electron chi connectivity index (χ2n) is 6.04. The van der Waals surface area contributed by atoms with Crippen LogP contribution in [0, 0.1) is 6.92 Å². The maximum Gasteiger partial charge on any atom is 0.410 e. The predicted octanol–water partition coefficient (Wildman–Crippen LogP) is 2.78. The summed E-state index contributed by atoms with van der Waals surface area (Å²) >= 11 is 0. The summed E-state index contributed by atoms with van der Waals surface area (Å²) < 4.78 is 11.3. The fraction of sp³-hybridized carbons (Fsp3) is 0.600. The molecule has 5 heteroatoms. The summed E-state index contributed by atoms with van der Waals surface area (Å²) in [6.07, 6.45) is 2.29. The molecule has 0 spiro atoms. The van der Waals surface area contributed by atoms with Crippen LogP contribution in [0.25, 0.3) is 0 Å². The standard InChI is InChI=1S/C15H22N2O3/c1-11-13(6-5-8-16-11)19-12-7-9-17(10-12)14(18)20-15(2,3)4/h5-6,8,12H,7,9-10H2,1-4H3/t12-/m1/s1. The van der Waals surface area contributed by atoms with Gasteiger partial charge < -0.3 is 14.4 Å². The molecular weight excluding hydrogens is 256 g/mol. The van der Waals surface area contributed by atoms with Crippen molar-refractivity contribution in [3.63, 3.8) is 0 Å². The highest BCUT2D eigenvalue weighted by Crippen LogP contribution is 2.21. The van der Waals surface area contributed by atoms with Crippen molar-refractivity contribution in [3.05, 3.63) is 24.0 Å². The third-order valence-corrected chi connectivity index (χ3v) is 3.05. The van der Waals surface area contributed by atoms with E-state index >= 15 is 0 Å². The summed E-state index contributed by atoms with van der Waals surface area (Å²) in [5.41, 5.74) is 0.402. The van der Waals surface area contributed by atoms with Crippen LogP contribution in [0.2, 0.25) is 0 Å². The van der Waals surface area contributed by atoms with E-state index < -0.39 is 5.60 Å². The molecule has 1 aromatic rings. The Hall–Kier alpha value is -1.78. The second-order valence-corrected chi connectivity index (χ2v) is 6.04. The molecule has 110 valence electrons. The minimum absolute atomic E-state index is 0.00502. The summed E-state index contributed by atoms with van der Waals surface area (Å²) in [6.45, 7) is 8.74. The van der Waals surface area contributed by atoms with E-state index in [-0.39, 0.29) is 12.2 Å². The van der Waals surface area contributed by atoms with Gasteiger partial charge in [-0.15, -0.1) is 0 Å². The highest BCUT2D eigenvalue weighted by Gasteiger charge is 2.31.